The molecular formula is C12H11Cl2N3. The third-order valence-corrected chi connectivity index (χ3v) is 2.82. The Bertz CT molecular complexity index is 506. The van der Waals surface area contributed by atoms with Crippen LogP contribution in [0.25, 0.3) is 0 Å². The number of nitrogens with zero attached hydrogens (tertiary/aromatic N) is 2. The van der Waals surface area contributed by atoms with Crippen molar-refractivity contribution in [2.24, 2.45) is 0 Å². The van der Waals surface area contributed by atoms with E-state index in [1.54, 1.807) is 12.4 Å². The predicted octanol–water partition coefficient (Wildman–Crippen LogP) is 4.14. The Hall–Kier alpha value is -1.32. The van der Waals surface area contributed by atoms with Crippen LogP contribution in [0.1, 0.15) is 11.1 Å². The van der Waals surface area contributed by atoms with Gasteiger partial charge in [0.2, 0.25) is 0 Å². The molecule has 0 radical (unpaired) electrons. The van der Waals surface area contributed by atoms with Crippen molar-refractivity contribution in [3.05, 3.63) is 46.0 Å². The van der Waals surface area contributed by atoms with Crippen molar-refractivity contribution in [3.63, 3.8) is 0 Å². The third kappa shape index (κ3) is 2.87. The number of rotatable bonds is 2. The fraction of sp³-hybridized carbons (Fsp3) is 0.167. The van der Waals surface area contributed by atoms with Gasteiger partial charge in [-0.2, -0.15) is 0 Å². The SMILES string of the molecule is Cc1cnc(Cl)c(Nc2cc(C)cnc2Cl)c1. The molecular weight excluding hydrogens is 257 g/mol. The van der Waals surface area contributed by atoms with Crippen LogP contribution in [-0.2, 0) is 0 Å². The van der Waals surface area contributed by atoms with Crippen LogP contribution < -0.4 is 5.32 Å². The maximum absolute atomic E-state index is 6.00. The smallest absolute Gasteiger partial charge is 0.152 e. The fourth-order valence-corrected chi connectivity index (χ4v) is 1.73. The van der Waals surface area contributed by atoms with Gasteiger partial charge >= 0.3 is 0 Å². The second-order valence-electron chi connectivity index (χ2n) is 3.83. The number of anilines is 2. The number of nitrogens with one attached hydrogen (secondary N) is 1. The number of hydrogen-bond donors (Lipinski definition) is 1. The Morgan fingerprint density at radius 1 is 0.882 bits per heavy atom. The zero-order chi connectivity index (χ0) is 12.4. The van der Waals surface area contributed by atoms with Gasteiger partial charge < -0.3 is 5.32 Å². The molecule has 2 aromatic heterocycles. The molecule has 0 unspecified atom stereocenters. The summed E-state index contributed by atoms with van der Waals surface area (Å²) in [5.74, 6) is 0. The van der Waals surface area contributed by atoms with E-state index in [4.69, 9.17) is 23.2 Å². The van der Waals surface area contributed by atoms with E-state index in [1.165, 1.54) is 0 Å². The second-order valence-corrected chi connectivity index (χ2v) is 4.54. The molecule has 0 aliphatic heterocycles. The summed E-state index contributed by atoms with van der Waals surface area (Å²) in [6.07, 6.45) is 3.42. The standard InChI is InChI=1S/C12H11Cl2N3/c1-7-3-9(11(13)15-5-7)17-10-4-8(2)6-16-12(10)14/h3-6,17H,1-2H3. The van der Waals surface area contributed by atoms with Crippen molar-refractivity contribution in [1.82, 2.24) is 9.97 Å². The fourth-order valence-electron chi connectivity index (χ4n) is 1.43. The summed E-state index contributed by atoms with van der Waals surface area (Å²) < 4.78 is 0. The molecule has 2 aromatic rings. The van der Waals surface area contributed by atoms with E-state index in [0.29, 0.717) is 10.3 Å². The van der Waals surface area contributed by atoms with Crippen LogP contribution in [0, 0.1) is 13.8 Å². The van der Waals surface area contributed by atoms with Crippen molar-refractivity contribution < 1.29 is 0 Å². The maximum Gasteiger partial charge on any atom is 0.152 e. The van der Waals surface area contributed by atoms with E-state index < -0.39 is 0 Å². The molecule has 17 heavy (non-hydrogen) atoms. The van der Waals surface area contributed by atoms with E-state index in [0.717, 1.165) is 22.5 Å². The van der Waals surface area contributed by atoms with Crippen molar-refractivity contribution in [3.8, 4) is 0 Å². The van der Waals surface area contributed by atoms with E-state index >= 15 is 0 Å². The van der Waals surface area contributed by atoms with Gasteiger partial charge in [-0.25, -0.2) is 9.97 Å². The van der Waals surface area contributed by atoms with E-state index in [-0.39, 0.29) is 0 Å². The molecule has 0 saturated heterocycles. The number of hydrogen-bond acceptors (Lipinski definition) is 3. The first-order valence-corrected chi connectivity index (χ1v) is 5.83. The monoisotopic (exact) mass is 267 g/mol. The lowest BCUT2D eigenvalue weighted by molar-refractivity contribution is 1.24. The van der Waals surface area contributed by atoms with Gasteiger partial charge in [0.15, 0.2) is 10.3 Å². The molecule has 0 amide bonds. The topological polar surface area (TPSA) is 37.8 Å². The lowest BCUT2D eigenvalue weighted by atomic mass is 10.2. The summed E-state index contributed by atoms with van der Waals surface area (Å²) in [5, 5.41) is 3.95. The number of halogens is 2. The summed E-state index contributed by atoms with van der Waals surface area (Å²) >= 11 is 12.0. The minimum absolute atomic E-state index is 0.410. The van der Waals surface area contributed by atoms with Crippen LogP contribution in [0.15, 0.2) is 24.5 Å². The quantitative estimate of drug-likeness (QED) is 0.831. The minimum Gasteiger partial charge on any atom is -0.350 e. The van der Waals surface area contributed by atoms with Gasteiger partial charge in [-0.3, -0.25) is 0 Å². The first kappa shape index (κ1) is 12.1. The van der Waals surface area contributed by atoms with Crippen LogP contribution in [-0.4, -0.2) is 9.97 Å². The zero-order valence-corrected chi connectivity index (χ0v) is 11.0. The third-order valence-electron chi connectivity index (χ3n) is 2.22. The Morgan fingerprint density at radius 3 is 1.71 bits per heavy atom. The molecule has 0 spiro atoms. The largest absolute Gasteiger partial charge is 0.350 e. The van der Waals surface area contributed by atoms with Gasteiger partial charge in [-0.05, 0) is 37.1 Å². The highest BCUT2D eigenvalue weighted by Gasteiger charge is 2.06. The number of pyridine rings is 2. The van der Waals surface area contributed by atoms with E-state index in [2.05, 4.69) is 15.3 Å². The minimum atomic E-state index is 0.410. The molecule has 0 atom stereocenters. The summed E-state index contributed by atoms with van der Waals surface area (Å²) in [5.41, 5.74) is 3.49. The Kier molecular flexibility index (Phi) is 3.50. The average Bonchev–Trinajstić information content (AvgIpc) is 2.28. The molecule has 0 fully saturated rings. The molecule has 2 heterocycles. The molecule has 88 valence electrons. The number of aryl methyl sites for hydroxylation is 2. The van der Waals surface area contributed by atoms with E-state index in [1.807, 2.05) is 26.0 Å². The Morgan fingerprint density at radius 2 is 1.29 bits per heavy atom. The summed E-state index contributed by atoms with van der Waals surface area (Å²) in [6.45, 7) is 3.90. The van der Waals surface area contributed by atoms with Crippen molar-refractivity contribution >= 4 is 34.6 Å². The van der Waals surface area contributed by atoms with Crippen LogP contribution in [0.2, 0.25) is 10.3 Å². The summed E-state index contributed by atoms with van der Waals surface area (Å²) in [6, 6.07) is 3.82. The van der Waals surface area contributed by atoms with Crippen molar-refractivity contribution in [2.45, 2.75) is 13.8 Å². The van der Waals surface area contributed by atoms with Crippen molar-refractivity contribution in [1.29, 1.82) is 0 Å². The van der Waals surface area contributed by atoms with Gasteiger partial charge in [-0.15, -0.1) is 0 Å². The Labute approximate surface area is 110 Å². The van der Waals surface area contributed by atoms with Crippen LogP contribution >= 0.6 is 23.2 Å². The summed E-state index contributed by atoms with van der Waals surface area (Å²) in [7, 11) is 0. The number of aromatic nitrogens is 2. The van der Waals surface area contributed by atoms with Gasteiger partial charge in [0.25, 0.3) is 0 Å². The summed E-state index contributed by atoms with van der Waals surface area (Å²) in [4.78, 5) is 8.13. The molecule has 0 aliphatic carbocycles. The van der Waals surface area contributed by atoms with Gasteiger partial charge in [0.1, 0.15) is 0 Å². The molecule has 2 rings (SSSR count). The molecule has 3 nitrogen and oxygen atoms in total. The van der Waals surface area contributed by atoms with Crippen LogP contribution in [0.3, 0.4) is 0 Å². The first-order valence-electron chi connectivity index (χ1n) is 5.07. The average molecular weight is 268 g/mol. The van der Waals surface area contributed by atoms with Crippen LogP contribution in [0.5, 0.6) is 0 Å². The van der Waals surface area contributed by atoms with Crippen molar-refractivity contribution in [2.75, 3.05) is 5.32 Å². The Balaban J connectivity index is 2.37. The lowest BCUT2D eigenvalue weighted by Gasteiger charge is -2.10. The molecule has 0 aliphatic rings. The lowest BCUT2D eigenvalue weighted by Crippen LogP contribution is -1.96. The highest BCUT2D eigenvalue weighted by atomic mass is 35.5. The van der Waals surface area contributed by atoms with Gasteiger partial charge in [-0.1, -0.05) is 23.2 Å². The van der Waals surface area contributed by atoms with Crippen LogP contribution in [0.4, 0.5) is 11.4 Å². The predicted molar refractivity (Wildman–Crippen MR) is 71.3 cm³/mol. The van der Waals surface area contributed by atoms with Gasteiger partial charge in [0, 0.05) is 12.4 Å². The highest BCUT2D eigenvalue weighted by Crippen LogP contribution is 2.28. The normalized spacial score (nSPS) is 10.4. The van der Waals surface area contributed by atoms with E-state index in [9.17, 15) is 0 Å². The zero-order valence-electron chi connectivity index (χ0n) is 9.46. The molecule has 0 saturated carbocycles. The molecule has 5 heteroatoms. The first-order chi connectivity index (χ1) is 8.06. The maximum atomic E-state index is 6.00. The highest BCUT2D eigenvalue weighted by molar-refractivity contribution is 6.33. The molecule has 0 bridgehead atoms. The van der Waals surface area contributed by atoms with Gasteiger partial charge in [0.05, 0.1) is 11.4 Å². The second kappa shape index (κ2) is 4.90. The molecule has 0 aromatic carbocycles. The molecule has 1 N–H and O–H groups in total.